The van der Waals surface area contributed by atoms with E-state index in [4.69, 9.17) is 0 Å². The van der Waals surface area contributed by atoms with E-state index >= 15 is 0 Å². The molecule has 22 heavy (non-hydrogen) atoms. The van der Waals surface area contributed by atoms with Crippen LogP contribution in [0.15, 0.2) is 12.3 Å². The van der Waals surface area contributed by atoms with E-state index in [9.17, 15) is 5.11 Å². The third kappa shape index (κ3) is 3.45. The minimum absolute atomic E-state index is 0.248. The molecular weight excluding hydrogens is 278 g/mol. The maximum absolute atomic E-state index is 9.46. The van der Waals surface area contributed by atoms with E-state index in [1.54, 1.807) is 0 Å². The van der Waals surface area contributed by atoms with Crippen LogP contribution in [0.5, 0.6) is 0 Å². The van der Waals surface area contributed by atoms with E-state index in [0.717, 1.165) is 56.4 Å². The van der Waals surface area contributed by atoms with Gasteiger partial charge in [-0.3, -0.25) is 14.2 Å². The van der Waals surface area contributed by atoms with Gasteiger partial charge in [0.1, 0.15) is 0 Å². The molecule has 6 nitrogen and oxygen atoms in total. The van der Waals surface area contributed by atoms with E-state index in [-0.39, 0.29) is 6.10 Å². The van der Waals surface area contributed by atoms with Crippen molar-refractivity contribution in [3.63, 3.8) is 0 Å². The number of aliphatic hydroxyl groups is 1. The van der Waals surface area contributed by atoms with Crippen molar-refractivity contribution in [2.24, 2.45) is 0 Å². The van der Waals surface area contributed by atoms with Crippen LogP contribution >= 0.6 is 0 Å². The van der Waals surface area contributed by atoms with Gasteiger partial charge in [0.05, 0.1) is 11.8 Å². The highest BCUT2D eigenvalue weighted by Crippen LogP contribution is 2.12. The van der Waals surface area contributed by atoms with Crippen molar-refractivity contribution in [3.8, 4) is 0 Å². The fourth-order valence-electron chi connectivity index (χ4n) is 3.13. The predicted molar refractivity (Wildman–Crippen MR) is 85.9 cm³/mol. The van der Waals surface area contributed by atoms with Crippen LogP contribution in [-0.4, -0.2) is 68.1 Å². The number of aryl methyl sites for hydroxylation is 2. The Bertz CT molecular complexity index is 643. The summed E-state index contributed by atoms with van der Waals surface area (Å²) < 4.78 is 2.06. The number of hydrogen-bond donors (Lipinski definition) is 1. The van der Waals surface area contributed by atoms with Crippen LogP contribution in [0.4, 0.5) is 0 Å². The Morgan fingerprint density at radius 1 is 1.14 bits per heavy atom. The Labute approximate surface area is 131 Å². The fourth-order valence-corrected chi connectivity index (χ4v) is 3.13. The zero-order chi connectivity index (χ0) is 15.7. The van der Waals surface area contributed by atoms with Gasteiger partial charge in [-0.2, -0.15) is 0 Å². The van der Waals surface area contributed by atoms with Gasteiger partial charge < -0.3 is 5.11 Å². The van der Waals surface area contributed by atoms with E-state index in [0.29, 0.717) is 0 Å². The minimum Gasteiger partial charge on any atom is -0.392 e. The van der Waals surface area contributed by atoms with E-state index in [1.165, 1.54) is 5.69 Å². The molecule has 0 radical (unpaired) electrons. The highest BCUT2D eigenvalue weighted by Gasteiger charge is 2.19. The number of piperazine rings is 1. The molecule has 0 aromatic carbocycles. The summed E-state index contributed by atoms with van der Waals surface area (Å²) in [5.41, 5.74) is 3.25. The first-order chi connectivity index (χ1) is 10.5. The average Bonchev–Trinajstić information content (AvgIpc) is 2.83. The fraction of sp³-hybridized carbons (Fsp3) is 0.625. The number of aromatic nitrogens is 3. The molecule has 1 aliphatic rings. The summed E-state index contributed by atoms with van der Waals surface area (Å²) in [6.45, 7) is 11.6. The molecule has 0 bridgehead atoms. The van der Waals surface area contributed by atoms with Crippen LogP contribution in [0.1, 0.15) is 24.0 Å². The summed E-state index contributed by atoms with van der Waals surface area (Å²) in [4.78, 5) is 13.9. The van der Waals surface area contributed by atoms with E-state index < -0.39 is 0 Å². The van der Waals surface area contributed by atoms with Crippen molar-refractivity contribution in [2.75, 3.05) is 32.7 Å². The van der Waals surface area contributed by atoms with Crippen molar-refractivity contribution in [3.05, 3.63) is 29.3 Å². The average molecular weight is 303 g/mol. The zero-order valence-corrected chi connectivity index (χ0v) is 13.7. The second-order valence-electron chi connectivity index (χ2n) is 6.37. The molecule has 6 heteroatoms. The molecule has 120 valence electrons. The summed E-state index contributed by atoms with van der Waals surface area (Å²) in [5.74, 6) is 0.792. The lowest BCUT2D eigenvalue weighted by atomic mass is 10.2. The largest absolute Gasteiger partial charge is 0.392 e. The zero-order valence-electron chi connectivity index (χ0n) is 13.7. The summed E-state index contributed by atoms with van der Waals surface area (Å²) in [6, 6.07) is 2.08. The third-order valence-corrected chi connectivity index (χ3v) is 4.18. The molecule has 2 aromatic heterocycles. The number of hydrogen-bond acceptors (Lipinski definition) is 5. The highest BCUT2D eigenvalue weighted by atomic mass is 16.3. The molecule has 1 fully saturated rings. The molecule has 0 aliphatic carbocycles. The summed E-state index contributed by atoms with van der Waals surface area (Å²) in [6.07, 6.45) is 1.85. The van der Waals surface area contributed by atoms with Crippen LogP contribution in [-0.2, 0) is 6.54 Å². The molecular formula is C16H25N5O. The molecule has 1 N–H and O–H groups in total. The van der Waals surface area contributed by atoms with Gasteiger partial charge in [-0.05, 0) is 26.8 Å². The van der Waals surface area contributed by atoms with Gasteiger partial charge >= 0.3 is 0 Å². The Morgan fingerprint density at radius 2 is 1.82 bits per heavy atom. The quantitative estimate of drug-likeness (QED) is 0.907. The van der Waals surface area contributed by atoms with Crippen molar-refractivity contribution in [1.82, 2.24) is 24.2 Å². The Kier molecular flexibility index (Phi) is 4.42. The topological polar surface area (TPSA) is 56.9 Å². The lowest BCUT2D eigenvalue weighted by Crippen LogP contribution is -2.47. The smallest absolute Gasteiger partial charge is 0.234 e. The van der Waals surface area contributed by atoms with E-state index in [2.05, 4.69) is 43.4 Å². The Balaban J connectivity index is 1.64. The first kappa shape index (κ1) is 15.4. The van der Waals surface area contributed by atoms with Crippen molar-refractivity contribution < 1.29 is 5.11 Å². The first-order valence-corrected chi connectivity index (χ1v) is 7.96. The maximum atomic E-state index is 9.46. The van der Waals surface area contributed by atoms with Crippen LogP contribution < -0.4 is 0 Å². The molecule has 0 amide bonds. The van der Waals surface area contributed by atoms with Gasteiger partial charge in [0.25, 0.3) is 0 Å². The molecule has 1 aliphatic heterocycles. The molecule has 3 rings (SSSR count). The van der Waals surface area contributed by atoms with Gasteiger partial charge in [-0.1, -0.05) is 0 Å². The molecule has 1 saturated heterocycles. The van der Waals surface area contributed by atoms with Crippen molar-refractivity contribution in [2.45, 2.75) is 33.4 Å². The second-order valence-corrected chi connectivity index (χ2v) is 6.37. The summed E-state index contributed by atoms with van der Waals surface area (Å²) in [7, 11) is 0. The van der Waals surface area contributed by atoms with Crippen LogP contribution in [0.25, 0.3) is 5.78 Å². The molecule has 2 aromatic rings. The van der Waals surface area contributed by atoms with Gasteiger partial charge in [0.2, 0.25) is 5.78 Å². The number of β-amino-alcohol motifs (C(OH)–C–C–N with tert-alkyl or cyclic N) is 1. The van der Waals surface area contributed by atoms with Crippen molar-refractivity contribution >= 4 is 5.78 Å². The van der Waals surface area contributed by atoms with Gasteiger partial charge in [0.15, 0.2) is 0 Å². The standard InChI is InChI=1S/C16H25N5O/c1-12-8-13(2)21-11-15(18-16(21)17-12)10-20-6-4-19(5-7-20)9-14(3)22/h8,11,14,22H,4-7,9-10H2,1-3H3/t14-/m1/s1. The molecule has 1 atom stereocenters. The number of aliphatic hydroxyl groups excluding tert-OH is 1. The van der Waals surface area contributed by atoms with Gasteiger partial charge in [-0.15, -0.1) is 0 Å². The maximum Gasteiger partial charge on any atom is 0.234 e. The number of rotatable bonds is 4. The first-order valence-electron chi connectivity index (χ1n) is 7.96. The Hall–Kier alpha value is -1.50. The number of fused-ring (bicyclic) bond motifs is 1. The predicted octanol–water partition coefficient (Wildman–Crippen LogP) is 0.845. The van der Waals surface area contributed by atoms with Crippen LogP contribution in [0.3, 0.4) is 0 Å². The molecule has 0 unspecified atom stereocenters. The summed E-state index contributed by atoms with van der Waals surface area (Å²) in [5, 5.41) is 9.46. The molecule has 0 spiro atoms. The number of imidazole rings is 1. The van der Waals surface area contributed by atoms with E-state index in [1.807, 2.05) is 13.8 Å². The lowest BCUT2D eigenvalue weighted by Gasteiger charge is -2.34. The third-order valence-electron chi connectivity index (χ3n) is 4.18. The highest BCUT2D eigenvalue weighted by molar-refractivity contribution is 5.34. The number of nitrogens with zero attached hydrogens (tertiary/aromatic N) is 5. The van der Waals surface area contributed by atoms with Gasteiger partial charge in [0, 0.05) is 56.9 Å². The van der Waals surface area contributed by atoms with Crippen LogP contribution in [0.2, 0.25) is 0 Å². The monoisotopic (exact) mass is 303 g/mol. The molecule has 0 saturated carbocycles. The lowest BCUT2D eigenvalue weighted by molar-refractivity contribution is 0.0777. The van der Waals surface area contributed by atoms with Crippen molar-refractivity contribution in [1.29, 1.82) is 0 Å². The second kappa shape index (κ2) is 6.32. The summed E-state index contributed by atoms with van der Waals surface area (Å²) >= 11 is 0. The minimum atomic E-state index is -0.248. The molecule has 3 heterocycles. The Morgan fingerprint density at radius 3 is 2.50 bits per heavy atom. The normalized spacial score (nSPS) is 18.9. The SMILES string of the molecule is Cc1cc(C)n2cc(CN3CCN(C[C@@H](C)O)CC3)nc2n1. The van der Waals surface area contributed by atoms with Crippen LogP contribution in [0, 0.1) is 13.8 Å². The van der Waals surface area contributed by atoms with Gasteiger partial charge in [-0.25, -0.2) is 9.97 Å².